The fraction of sp³-hybridized carbons (Fsp3) is 0.581. The van der Waals surface area contributed by atoms with E-state index in [1.165, 1.54) is 33.5 Å². The van der Waals surface area contributed by atoms with Crippen LogP contribution >= 0.6 is 0 Å². The number of nitrogens with zero attached hydrogens (tertiary/aromatic N) is 2. The van der Waals surface area contributed by atoms with Gasteiger partial charge in [-0.1, -0.05) is 87.5 Å². The Kier molecular flexibility index (Phi) is 11.3. The molecule has 0 saturated heterocycles. The lowest BCUT2D eigenvalue weighted by Crippen LogP contribution is -2.19. The van der Waals surface area contributed by atoms with Crippen LogP contribution in [-0.4, -0.2) is 15.8 Å². The van der Waals surface area contributed by atoms with E-state index in [0.717, 1.165) is 31.4 Å². The van der Waals surface area contributed by atoms with Gasteiger partial charge < -0.3 is 0 Å². The van der Waals surface area contributed by atoms with Gasteiger partial charge in [0.05, 0.1) is 5.69 Å². The Hall–Kier alpha value is -2.29. The van der Waals surface area contributed by atoms with Gasteiger partial charge in [0.15, 0.2) is 0 Å². The first kappa shape index (κ1) is 29.7. The molecule has 4 rings (SSSR count). The quantitative estimate of drug-likeness (QED) is 0.372. The molecule has 188 valence electrons. The van der Waals surface area contributed by atoms with E-state index in [-0.39, 0.29) is 10.8 Å². The van der Waals surface area contributed by atoms with Gasteiger partial charge in [-0.2, -0.15) is 0 Å². The minimum Gasteiger partial charge on any atom is -0.299 e. The van der Waals surface area contributed by atoms with Crippen LogP contribution in [0.25, 0.3) is 0 Å². The van der Waals surface area contributed by atoms with Gasteiger partial charge in [0.25, 0.3) is 0 Å². The summed E-state index contributed by atoms with van der Waals surface area (Å²) in [5, 5.41) is 0. The first-order valence-corrected chi connectivity index (χ1v) is 13.1. The van der Waals surface area contributed by atoms with Gasteiger partial charge >= 0.3 is 0 Å². The summed E-state index contributed by atoms with van der Waals surface area (Å²) in [5.41, 5.74) is 9.38. The summed E-state index contributed by atoms with van der Waals surface area (Å²) in [6, 6.07) is 4.39. The Balaban J connectivity index is 0.000000297. The number of allylic oxidation sites excluding steroid dienone is 1. The zero-order valence-corrected chi connectivity index (χ0v) is 23.6. The van der Waals surface area contributed by atoms with Crippen molar-refractivity contribution in [2.75, 3.05) is 0 Å². The van der Waals surface area contributed by atoms with Crippen molar-refractivity contribution in [2.45, 2.75) is 119 Å². The third-order valence-corrected chi connectivity index (χ3v) is 6.06. The molecule has 0 fully saturated rings. The molecule has 3 nitrogen and oxygen atoms in total. The van der Waals surface area contributed by atoms with E-state index < -0.39 is 0 Å². The number of hydrogen-bond donors (Lipinski definition) is 0. The smallest absolute Gasteiger partial charge is 0.139 e. The number of carbonyl (C=O) groups excluding carboxylic acids is 1. The molecule has 0 spiro atoms. The Morgan fingerprint density at radius 3 is 2.03 bits per heavy atom. The van der Waals surface area contributed by atoms with E-state index in [9.17, 15) is 4.79 Å². The number of hydrogen-bond acceptors (Lipinski definition) is 3. The minimum absolute atomic E-state index is 0.142. The van der Waals surface area contributed by atoms with Crippen molar-refractivity contribution in [1.29, 1.82) is 0 Å². The molecule has 0 atom stereocenters. The van der Waals surface area contributed by atoms with Crippen LogP contribution in [0.1, 0.15) is 116 Å². The minimum atomic E-state index is 0.142. The lowest BCUT2D eigenvalue weighted by Gasteiger charge is -2.27. The molecule has 34 heavy (non-hydrogen) atoms. The standard InChI is InChI=1S/C14H19N.C13H17NO.2C2H6/c1-10-5-6-11-12(14(2,3)4)7-8-15-13(11)9-10;1-13(2,3)10-6-9-4-5-11(15)7-12(9)14-8-10;2*1-2/h7-8H,1,5-6,9H2,2-4H3;6,8H,4-5,7H2,1-3H3;2*1-2H3. The van der Waals surface area contributed by atoms with Crippen molar-refractivity contribution in [3.8, 4) is 0 Å². The second-order valence-corrected chi connectivity index (χ2v) is 10.8. The highest BCUT2D eigenvalue weighted by Gasteiger charge is 2.23. The van der Waals surface area contributed by atoms with E-state index in [0.29, 0.717) is 18.6 Å². The van der Waals surface area contributed by atoms with Crippen molar-refractivity contribution in [1.82, 2.24) is 9.97 Å². The van der Waals surface area contributed by atoms with Crippen LogP contribution in [0, 0.1) is 0 Å². The van der Waals surface area contributed by atoms with Crippen molar-refractivity contribution >= 4 is 5.78 Å². The zero-order valence-electron chi connectivity index (χ0n) is 23.6. The molecule has 0 aliphatic heterocycles. The summed E-state index contributed by atoms with van der Waals surface area (Å²) >= 11 is 0. The zero-order chi connectivity index (χ0) is 26.1. The molecule has 0 aromatic carbocycles. The van der Waals surface area contributed by atoms with Crippen molar-refractivity contribution in [3.63, 3.8) is 0 Å². The lowest BCUT2D eigenvalue weighted by atomic mass is 9.79. The molecule has 0 radical (unpaired) electrons. The molecular formula is C31H48N2O. The van der Waals surface area contributed by atoms with Crippen LogP contribution in [0.4, 0.5) is 0 Å². The van der Waals surface area contributed by atoms with Crippen LogP contribution in [0.2, 0.25) is 0 Å². The summed E-state index contributed by atoms with van der Waals surface area (Å²) in [5.74, 6) is 0.318. The van der Waals surface area contributed by atoms with Gasteiger partial charge in [-0.25, -0.2) is 0 Å². The molecular weight excluding hydrogens is 416 g/mol. The Labute approximate surface area is 209 Å². The predicted octanol–water partition coefficient (Wildman–Crippen LogP) is 7.91. The number of carbonyl (C=O) groups is 1. The van der Waals surface area contributed by atoms with Crippen LogP contribution < -0.4 is 0 Å². The molecule has 0 N–H and O–H groups in total. The number of aromatic nitrogens is 2. The molecule has 0 amide bonds. The maximum Gasteiger partial charge on any atom is 0.139 e. The number of aryl methyl sites for hydroxylation is 1. The highest BCUT2D eigenvalue weighted by Crippen LogP contribution is 2.32. The molecule has 2 aromatic heterocycles. The molecule has 3 heteroatoms. The third kappa shape index (κ3) is 8.18. The monoisotopic (exact) mass is 464 g/mol. The Bertz CT molecular complexity index is 958. The highest BCUT2D eigenvalue weighted by atomic mass is 16.1. The number of Topliss-reactive ketones (excluding diaryl/α,β-unsaturated/α-hetero) is 1. The Morgan fingerprint density at radius 2 is 1.44 bits per heavy atom. The van der Waals surface area contributed by atoms with Gasteiger partial charge in [0, 0.05) is 37.4 Å². The second-order valence-electron chi connectivity index (χ2n) is 10.8. The first-order valence-electron chi connectivity index (χ1n) is 13.1. The number of pyridine rings is 2. The average Bonchev–Trinajstić information content (AvgIpc) is 2.80. The molecule has 0 bridgehead atoms. The van der Waals surface area contributed by atoms with Gasteiger partial charge in [-0.05, 0) is 58.4 Å². The first-order chi connectivity index (χ1) is 15.9. The van der Waals surface area contributed by atoms with E-state index in [2.05, 4.69) is 70.2 Å². The van der Waals surface area contributed by atoms with E-state index in [1.54, 1.807) is 0 Å². The summed E-state index contributed by atoms with van der Waals surface area (Å²) < 4.78 is 0. The fourth-order valence-electron chi connectivity index (χ4n) is 4.17. The fourth-order valence-corrected chi connectivity index (χ4v) is 4.17. The van der Waals surface area contributed by atoms with Gasteiger partial charge in [-0.15, -0.1) is 0 Å². The van der Waals surface area contributed by atoms with Crippen LogP contribution in [0.5, 0.6) is 0 Å². The molecule has 2 aromatic rings. The maximum absolute atomic E-state index is 11.3. The number of fused-ring (bicyclic) bond motifs is 2. The summed E-state index contributed by atoms with van der Waals surface area (Å²) in [6.07, 6.45) is 9.15. The average molecular weight is 465 g/mol. The highest BCUT2D eigenvalue weighted by molar-refractivity contribution is 5.82. The predicted molar refractivity (Wildman–Crippen MR) is 147 cm³/mol. The number of rotatable bonds is 0. The topological polar surface area (TPSA) is 42.9 Å². The van der Waals surface area contributed by atoms with Crippen LogP contribution in [-0.2, 0) is 41.3 Å². The summed E-state index contributed by atoms with van der Waals surface area (Å²) in [7, 11) is 0. The van der Waals surface area contributed by atoms with Gasteiger partial charge in [0.2, 0.25) is 0 Å². The van der Waals surface area contributed by atoms with Gasteiger partial charge in [0.1, 0.15) is 5.78 Å². The summed E-state index contributed by atoms with van der Waals surface area (Å²) in [4.78, 5) is 20.2. The lowest BCUT2D eigenvalue weighted by molar-refractivity contribution is -0.118. The third-order valence-electron chi connectivity index (χ3n) is 6.06. The molecule has 2 aliphatic rings. The van der Waals surface area contributed by atoms with Crippen LogP contribution in [0.3, 0.4) is 0 Å². The summed E-state index contributed by atoms with van der Waals surface area (Å²) in [6.45, 7) is 25.4. The number of ketones is 1. The van der Waals surface area contributed by atoms with E-state index in [4.69, 9.17) is 0 Å². The SMILES string of the molecule is C=C1CCc2c(C(C)(C)C)ccnc2C1.CC.CC.CC(C)(C)c1cnc2c(c1)CCC(=O)C2. The maximum atomic E-state index is 11.3. The molecule has 0 unspecified atom stereocenters. The van der Waals surface area contributed by atoms with Crippen molar-refractivity contribution < 1.29 is 4.79 Å². The van der Waals surface area contributed by atoms with Crippen LogP contribution in [0.15, 0.2) is 36.7 Å². The second kappa shape index (κ2) is 13.0. The Morgan fingerprint density at radius 1 is 0.794 bits per heavy atom. The largest absolute Gasteiger partial charge is 0.299 e. The van der Waals surface area contributed by atoms with Crippen molar-refractivity contribution in [2.24, 2.45) is 0 Å². The van der Waals surface area contributed by atoms with Gasteiger partial charge in [-0.3, -0.25) is 14.8 Å². The van der Waals surface area contributed by atoms with Crippen molar-refractivity contribution in [3.05, 3.63) is 70.3 Å². The normalized spacial score (nSPS) is 14.8. The molecule has 2 aliphatic carbocycles. The van der Waals surface area contributed by atoms with E-state index >= 15 is 0 Å². The molecule has 0 saturated carbocycles. The van der Waals surface area contributed by atoms with E-state index in [1.807, 2.05) is 40.1 Å². The molecule has 2 heterocycles.